The fraction of sp³-hybridized carbons (Fsp3) is 0.0667. The molecule has 3 aromatic rings. The van der Waals surface area contributed by atoms with Gasteiger partial charge in [0.2, 0.25) is 0 Å². The zero-order valence-electron chi connectivity index (χ0n) is 10.1. The van der Waals surface area contributed by atoms with E-state index in [-0.39, 0.29) is 0 Å². The minimum atomic E-state index is 0.729. The van der Waals surface area contributed by atoms with E-state index in [1.807, 2.05) is 18.2 Å². The highest BCUT2D eigenvalue weighted by Crippen LogP contribution is 2.34. The third-order valence-electron chi connectivity index (χ3n) is 2.92. The van der Waals surface area contributed by atoms with Gasteiger partial charge in [0.05, 0.1) is 0 Å². The number of thioether (sulfide) groups is 1. The first-order valence-electron chi connectivity index (χ1n) is 5.87. The van der Waals surface area contributed by atoms with Gasteiger partial charge in [-0.1, -0.05) is 29.8 Å². The molecule has 4 heteroatoms. The quantitative estimate of drug-likeness (QED) is 0.516. The first kappa shape index (κ1) is 12.9. The number of nitrogens with two attached hydrogens (primary N) is 1. The van der Waals surface area contributed by atoms with E-state index < -0.39 is 0 Å². The average molecular weight is 306 g/mol. The number of hydrogen-bond acceptors (Lipinski definition) is 3. The molecule has 0 aliphatic carbocycles. The van der Waals surface area contributed by atoms with Crippen LogP contribution in [0, 0.1) is 0 Å². The van der Waals surface area contributed by atoms with Crippen LogP contribution in [0.4, 0.5) is 5.69 Å². The van der Waals surface area contributed by atoms with Crippen LogP contribution in [0.15, 0.2) is 52.7 Å². The number of anilines is 1. The highest BCUT2D eigenvalue weighted by atomic mass is 35.5. The third-order valence-corrected chi connectivity index (χ3v) is 5.29. The topological polar surface area (TPSA) is 26.0 Å². The molecule has 0 atom stereocenters. The number of halogens is 1. The lowest BCUT2D eigenvalue weighted by atomic mass is 10.2. The normalized spacial score (nSPS) is 11.0. The number of rotatable bonds is 3. The Kier molecular flexibility index (Phi) is 3.69. The number of nitrogen functional groups attached to an aromatic ring is 1. The molecular weight excluding hydrogens is 294 g/mol. The van der Waals surface area contributed by atoms with Gasteiger partial charge < -0.3 is 5.73 Å². The minimum Gasteiger partial charge on any atom is -0.398 e. The van der Waals surface area contributed by atoms with Gasteiger partial charge in [0, 0.05) is 26.1 Å². The first-order valence-corrected chi connectivity index (χ1v) is 8.11. The molecule has 0 aliphatic rings. The molecule has 0 unspecified atom stereocenters. The van der Waals surface area contributed by atoms with Crippen LogP contribution in [0.5, 0.6) is 0 Å². The maximum atomic E-state index is 6.01. The van der Waals surface area contributed by atoms with Crippen LogP contribution in [-0.2, 0) is 5.75 Å². The minimum absolute atomic E-state index is 0.729. The van der Waals surface area contributed by atoms with Gasteiger partial charge in [-0.3, -0.25) is 0 Å². The number of benzene rings is 2. The van der Waals surface area contributed by atoms with Gasteiger partial charge in [-0.2, -0.15) is 0 Å². The molecule has 0 fully saturated rings. The monoisotopic (exact) mass is 305 g/mol. The van der Waals surface area contributed by atoms with E-state index in [0.29, 0.717) is 0 Å². The van der Waals surface area contributed by atoms with Crippen LogP contribution in [0.2, 0.25) is 5.02 Å². The highest BCUT2D eigenvalue weighted by molar-refractivity contribution is 7.98. The van der Waals surface area contributed by atoms with Gasteiger partial charge in [-0.05, 0) is 40.6 Å². The van der Waals surface area contributed by atoms with Crippen LogP contribution in [-0.4, -0.2) is 0 Å². The van der Waals surface area contributed by atoms with E-state index in [0.717, 1.165) is 21.4 Å². The molecule has 96 valence electrons. The summed E-state index contributed by atoms with van der Waals surface area (Å²) in [7, 11) is 0. The van der Waals surface area contributed by atoms with Crippen molar-refractivity contribution in [3.8, 4) is 0 Å². The molecule has 2 N–H and O–H groups in total. The van der Waals surface area contributed by atoms with E-state index in [9.17, 15) is 0 Å². The van der Waals surface area contributed by atoms with E-state index in [4.69, 9.17) is 17.3 Å². The lowest BCUT2D eigenvalue weighted by Crippen LogP contribution is -1.88. The van der Waals surface area contributed by atoms with Crippen LogP contribution in [0.1, 0.15) is 5.56 Å². The molecule has 0 saturated carbocycles. The van der Waals surface area contributed by atoms with Crippen molar-refractivity contribution in [3.05, 3.63) is 58.4 Å². The predicted octanol–water partition coefficient (Wildman–Crippen LogP) is 5.43. The summed E-state index contributed by atoms with van der Waals surface area (Å²) in [6.07, 6.45) is 0. The fourth-order valence-electron chi connectivity index (χ4n) is 1.93. The Bertz CT molecular complexity index is 721. The number of hydrogen-bond donors (Lipinski definition) is 1. The fourth-order valence-corrected chi connectivity index (χ4v) is 4.23. The molecule has 1 heterocycles. The molecule has 0 spiro atoms. The molecule has 1 aromatic heterocycles. The molecule has 1 nitrogen and oxygen atoms in total. The lowest BCUT2D eigenvalue weighted by molar-refractivity contribution is 1.42. The van der Waals surface area contributed by atoms with Crippen molar-refractivity contribution in [2.24, 2.45) is 0 Å². The molecule has 0 aliphatic heterocycles. The summed E-state index contributed by atoms with van der Waals surface area (Å²) in [4.78, 5) is 1.04. The largest absolute Gasteiger partial charge is 0.398 e. The smallest absolute Gasteiger partial charge is 0.0453 e. The van der Waals surface area contributed by atoms with E-state index in [1.54, 1.807) is 23.1 Å². The molecule has 19 heavy (non-hydrogen) atoms. The molecule has 0 saturated heterocycles. The van der Waals surface area contributed by atoms with Crippen molar-refractivity contribution in [3.63, 3.8) is 0 Å². The van der Waals surface area contributed by atoms with Crippen LogP contribution in [0.25, 0.3) is 10.1 Å². The van der Waals surface area contributed by atoms with Gasteiger partial charge in [-0.25, -0.2) is 0 Å². The van der Waals surface area contributed by atoms with Gasteiger partial charge in [0.1, 0.15) is 0 Å². The Labute approximate surface area is 125 Å². The summed E-state index contributed by atoms with van der Waals surface area (Å²) in [6, 6.07) is 14.1. The summed E-state index contributed by atoms with van der Waals surface area (Å²) in [5, 5.41) is 4.28. The molecule has 0 bridgehead atoms. The van der Waals surface area contributed by atoms with Crippen molar-refractivity contribution >= 4 is 50.5 Å². The summed E-state index contributed by atoms with van der Waals surface area (Å²) in [6.45, 7) is 0. The van der Waals surface area contributed by atoms with Crippen molar-refractivity contribution in [2.45, 2.75) is 10.6 Å². The maximum Gasteiger partial charge on any atom is 0.0453 e. The number of thiophene rings is 1. The molecule has 2 aromatic carbocycles. The predicted molar refractivity (Wildman–Crippen MR) is 87.3 cm³/mol. The summed E-state index contributed by atoms with van der Waals surface area (Å²) in [5.41, 5.74) is 8.10. The second-order valence-electron chi connectivity index (χ2n) is 4.23. The first-order chi connectivity index (χ1) is 9.24. The summed E-state index contributed by atoms with van der Waals surface area (Å²) < 4.78 is 1.33. The second-order valence-corrected chi connectivity index (χ2v) is 6.59. The Morgan fingerprint density at radius 1 is 1.16 bits per heavy atom. The molecule has 3 rings (SSSR count). The number of fused-ring (bicyclic) bond motifs is 1. The maximum absolute atomic E-state index is 6.01. The highest BCUT2D eigenvalue weighted by Gasteiger charge is 2.06. The molecular formula is C15H12ClNS2. The standard InChI is InChI=1S/C15H12ClNS2/c16-11-5-6-13(17)15(7-11)19-9-10-8-18-14-4-2-1-3-12(10)14/h1-8H,9,17H2. The Hall–Kier alpha value is -1.16. The van der Waals surface area contributed by atoms with Gasteiger partial charge in [0.15, 0.2) is 0 Å². The van der Waals surface area contributed by atoms with Crippen molar-refractivity contribution in [1.82, 2.24) is 0 Å². The molecule has 0 amide bonds. The van der Waals surface area contributed by atoms with Gasteiger partial charge in [-0.15, -0.1) is 23.1 Å². The van der Waals surface area contributed by atoms with Gasteiger partial charge in [0.25, 0.3) is 0 Å². The van der Waals surface area contributed by atoms with Crippen LogP contribution < -0.4 is 5.73 Å². The van der Waals surface area contributed by atoms with Gasteiger partial charge >= 0.3 is 0 Å². The van der Waals surface area contributed by atoms with Crippen molar-refractivity contribution < 1.29 is 0 Å². The van der Waals surface area contributed by atoms with Crippen LogP contribution in [0.3, 0.4) is 0 Å². The zero-order chi connectivity index (χ0) is 13.2. The van der Waals surface area contributed by atoms with E-state index in [1.165, 1.54) is 15.6 Å². The van der Waals surface area contributed by atoms with Crippen molar-refractivity contribution in [1.29, 1.82) is 0 Å². The van der Waals surface area contributed by atoms with E-state index >= 15 is 0 Å². The van der Waals surface area contributed by atoms with Crippen LogP contribution >= 0.6 is 34.7 Å². The second kappa shape index (κ2) is 5.45. The third kappa shape index (κ3) is 2.73. The Balaban J connectivity index is 1.84. The lowest BCUT2D eigenvalue weighted by Gasteiger charge is -2.05. The summed E-state index contributed by atoms with van der Waals surface area (Å²) >= 11 is 9.52. The Morgan fingerprint density at radius 3 is 2.89 bits per heavy atom. The van der Waals surface area contributed by atoms with E-state index in [2.05, 4.69) is 29.6 Å². The Morgan fingerprint density at radius 2 is 2.00 bits per heavy atom. The summed E-state index contributed by atoms with van der Waals surface area (Å²) in [5.74, 6) is 0.911. The zero-order valence-corrected chi connectivity index (χ0v) is 12.5. The van der Waals surface area contributed by atoms with Crippen molar-refractivity contribution in [2.75, 3.05) is 5.73 Å². The SMILES string of the molecule is Nc1ccc(Cl)cc1SCc1csc2ccccc12. The molecule has 0 radical (unpaired) electrons. The average Bonchev–Trinajstić information content (AvgIpc) is 2.83.